The predicted molar refractivity (Wildman–Crippen MR) is 139 cm³/mol. The SMILES string of the molecule is COc1ccc(-c2csc3ncnc(Nc4ccc5c(c4)C(=O)c4ccccc4C5=O)c23)cc1OC. The topological polar surface area (TPSA) is 90.4 Å². The molecule has 0 unspecified atom stereocenters. The Balaban J connectivity index is 1.42. The second-order valence-electron chi connectivity index (χ2n) is 8.21. The molecule has 0 bridgehead atoms. The molecule has 0 spiro atoms. The number of aromatic nitrogens is 2. The number of ketones is 2. The number of ether oxygens (including phenoxy) is 2. The summed E-state index contributed by atoms with van der Waals surface area (Å²) in [5.74, 6) is 1.55. The number of rotatable bonds is 5. The van der Waals surface area contributed by atoms with E-state index in [1.165, 1.54) is 17.7 Å². The van der Waals surface area contributed by atoms with Crippen LogP contribution in [0.4, 0.5) is 11.5 Å². The van der Waals surface area contributed by atoms with Crippen LogP contribution in [-0.4, -0.2) is 35.8 Å². The standard InChI is InChI=1S/C28H19N3O4S/c1-34-22-10-7-15(11-23(22)35-2)21-13-36-28-24(21)27(29-14-30-28)31-16-8-9-19-20(12-16)26(33)18-6-4-3-5-17(18)25(19)32/h3-14H,1-2H3,(H,29,30,31). The first-order valence-corrected chi connectivity index (χ1v) is 12.0. The first-order chi connectivity index (χ1) is 17.6. The number of methoxy groups -OCH3 is 2. The molecule has 176 valence electrons. The van der Waals surface area contributed by atoms with E-state index in [0.717, 1.165) is 21.3 Å². The smallest absolute Gasteiger partial charge is 0.194 e. The fraction of sp³-hybridized carbons (Fsp3) is 0.0714. The largest absolute Gasteiger partial charge is 0.493 e. The van der Waals surface area contributed by atoms with E-state index in [1.54, 1.807) is 56.7 Å². The van der Waals surface area contributed by atoms with Crippen molar-refractivity contribution in [3.63, 3.8) is 0 Å². The summed E-state index contributed by atoms with van der Waals surface area (Å²) in [7, 11) is 3.20. The molecule has 2 heterocycles. The van der Waals surface area contributed by atoms with Crippen LogP contribution in [0.15, 0.2) is 72.4 Å². The molecule has 1 aliphatic rings. The third-order valence-electron chi connectivity index (χ3n) is 6.25. The van der Waals surface area contributed by atoms with Gasteiger partial charge in [0.2, 0.25) is 0 Å². The highest BCUT2D eigenvalue weighted by atomic mass is 32.1. The monoisotopic (exact) mass is 493 g/mol. The van der Waals surface area contributed by atoms with Crippen LogP contribution in [0.25, 0.3) is 21.3 Å². The Labute approximate surface area is 210 Å². The molecule has 0 amide bonds. The molecule has 2 aromatic heterocycles. The molecule has 1 N–H and O–H groups in total. The van der Waals surface area contributed by atoms with Crippen molar-refractivity contribution in [3.8, 4) is 22.6 Å². The van der Waals surface area contributed by atoms with Crippen LogP contribution in [0.5, 0.6) is 11.5 Å². The number of carbonyl (C=O) groups is 2. The van der Waals surface area contributed by atoms with Crippen molar-refractivity contribution in [3.05, 3.63) is 94.6 Å². The molecule has 36 heavy (non-hydrogen) atoms. The Morgan fingerprint density at radius 2 is 1.47 bits per heavy atom. The minimum atomic E-state index is -0.168. The van der Waals surface area contributed by atoms with Gasteiger partial charge in [-0.05, 0) is 35.9 Å². The van der Waals surface area contributed by atoms with E-state index >= 15 is 0 Å². The quantitative estimate of drug-likeness (QED) is 0.320. The first kappa shape index (κ1) is 21.9. The van der Waals surface area contributed by atoms with Crippen molar-refractivity contribution in [2.75, 3.05) is 19.5 Å². The normalized spacial score (nSPS) is 12.3. The van der Waals surface area contributed by atoms with Gasteiger partial charge in [0.25, 0.3) is 0 Å². The van der Waals surface area contributed by atoms with Gasteiger partial charge in [-0.15, -0.1) is 11.3 Å². The summed E-state index contributed by atoms with van der Waals surface area (Å²) in [4.78, 5) is 35.9. The van der Waals surface area contributed by atoms with E-state index in [2.05, 4.69) is 15.3 Å². The highest BCUT2D eigenvalue weighted by molar-refractivity contribution is 7.17. The maximum atomic E-state index is 13.2. The van der Waals surface area contributed by atoms with Crippen LogP contribution < -0.4 is 14.8 Å². The Kier molecular flexibility index (Phi) is 5.23. The Morgan fingerprint density at radius 1 is 0.750 bits per heavy atom. The first-order valence-electron chi connectivity index (χ1n) is 11.1. The second kappa shape index (κ2) is 8.58. The van der Waals surface area contributed by atoms with Gasteiger partial charge in [0.1, 0.15) is 17.0 Å². The third-order valence-corrected chi connectivity index (χ3v) is 7.14. The molecule has 6 rings (SSSR count). The van der Waals surface area contributed by atoms with Crippen LogP contribution in [0.1, 0.15) is 31.8 Å². The molecular weight excluding hydrogens is 474 g/mol. The summed E-state index contributed by atoms with van der Waals surface area (Å²) in [6, 6.07) is 17.8. The van der Waals surface area contributed by atoms with Crippen molar-refractivity contribution >= 4 is 44.6 Å². The number of thiophene rings is 1. The van der Waals surface area contributed by atoms with Crippen LogP contribution in [0.2, 0.25) is 0 Å². The number of fused-ring (bicyclic) bond motifs is 3. The average molecular weight is 494 g/mol. The molecule has 0 saturated carbocycles. The summed E-state index contributed by atoms with van der Waals surface area (Å²) >= 11 is 1.51. The molecular formula is C28H19N3O4S. The molecule has 3 aromatic carbocycles. The van der Waals surface area contributed by atoms with Crippen molar-refractivity contribution in [1.29, 1.82) is 0 Å². The second-order valence-corrected chi connectivity index (χ2v) is 9.07. The highest BCUT2D eigenvalue weighted by Gasteiger charge is 2.29. The van der Waals surface area contributed by atoms with Gasteiger partial charge < -0.3 is 14.8 Å². The molecule has 1 aliphatic carbocycles. The zero-order valence-electron chi connectivity index (χ0n) is 19.4. The molecule has 0 radical (unpaired) electrons. The van der Waals surface area contributed by atoms with E-state index in [1.807, 2.05) is 23.6 Å². The highest BCUT2D eigenvalue weighted by Crippen LogP contribution is 2.40. The zero-order valence-corrected chi connectivity index (χ0v) is 20.2. The van der Waals surface area contributed by atoms with Gasteiger partial charge in [0.05, 0.1) is 19.6 Å². The van der Waals surface area contributed by atoms with Crippen molar-refractivity contribution < 1.29 is 19.1 Å². The average Bonchev–Trinajstić information content (AvgIpc) is 3.36. The van der Waals surface area contributed by atoms with E-state index in [4.69, 9.17) is 9.47 Å². The summed E-state index contributed by atoms with van der Waals surface area (Å²) in [5.41, 5.74) is 4.16. The lowest BCUT2D eigenvalue weighted by Crippen LogP contribution is -2.20. The van der Waals surface area contributed by atoms with Crippen molar-refractivity contribution in [2.45, 2.75) is 0 Å². The van der Waals surface area contributed by atoms with E-state index in [-0.39, 0.29) is 11.6 Å². The molecule has 0 atom stereocenters. The maximum Gasteiger partial charge on any atom is 0.194 e. The van der Waals surface area contributed by atoms with Crippen LogP contribution in [-0.2, 0) is 0 Å². The van der Waals surface area contributed by atoms with Crippen LogP contribution in [0.3, 0.4) is 0 Å². The van der Waals surface area contributed by atoms with Gasteiger partial charge in [-0.2, -0.15) is 0 Å². The van der Waals surface area contributed by atoms with E-state index in [9.17, 15) is 9.59 Å². The van der Waals surface area contributed by atoms with Gasteiger partial charge in [-0.1, -0.05) is 30.3 Å². The number of carbonyl (C=O) groups excluding carboxylic acids is 2. The lowest BCUT2D eigenvalue weighted by atomic mass is 9.84. The van der Waals surface area contributed by atoms with Gasteiger partial charge in [0.15, 0.2) is 23.1 Å². The molecule has 0 saturated heterocycles. The fourth-order valence-electron chi connectivity index (χ4n) is 4.50. The minimum Gasteiger partial charge on any atom is -0.493 e. The Morgan fingerprint density at radius 3 is 2.22 bits per heavy atom. The molecule has 7 nitrogen and oxygen atoms in total. The minimum absolute atomic E-state index is 0.148. The number of anilines is 2. The Bertz CT molecular complexity index is 1690. The van der Waals surface area contributed by atoms with Gasteiger partial charge >= 0.3 is 0 Å². The predicted octanol–water partition coefficient (Wildman–Crippen LogP) is 5.89. The van der Waals surface area contributed by atoms with Gasteiger partial charge in [-0.25, -0.2) is 9.97 Å². The molecule has 0 aliphatic heterocycles. The summed E-state index contributed by atoms with van der Waals surface area (Å²) in [6.07, 6.45) is 1.50. The summed E-state index contributed by atoms with van der Waals surface area (Å²) in [6.45, 7) is 0. The fourth-order valence-corrected chi connectivity index (χ4v) is 5.42. The van der Waals surface area contributed by atoms with Gasteiger partial charge in [-0.3, -0.25) is 9.59 Å². The number of nitrogens with zero attached hydrogens (tertiary/aromatic N) is 2. The zero-order chi connectivity index (χ0) is 24.8. The van der Waals surface area contributed by atoms with Gasteiger partial charge in [0, 0.05) is 38.9 Å². The third kappa shape index (κ3) is 3.42. The molecule has 5 aromatic rings. The van der Waals surface area contributed by atoms with Crippen LogP contribution >= 0.6 is 11.3 Å². The molecule has 8 heteroatoms. The lowest BCUT2D eigenvalue weighted by molar-refractivity contribution is 0.0979. The Hall–Kier alpha value is -4.56. The number of hydrogen-bond donors (Lipinski definition) is 1. The van der Waals surface area contributed by atoms with Crippen molar-refractivity contribution in [1.82, 2.24) is 9.97 Å². The van der Waals surface area contributed by atoms with Crippen LogP contribution in [0, 0.1) is 0 Å². The van der Waals surface area contributed by atoms with E-state index < -0.39 is 0 Å². The summed E-state index contributed by atoms with van der Waals surface area (Å²) < 4.78 is 10.9. The maximum absolute atomic E-state index is 13.2. The van der Waals surface area contributed by atoms with E-state index in [0.29, 0.717) is 45.3 Å². The van der Waals surface area contributed by atoms with Crippen molar-refractivity contribution in [2.24, 2.45) is 0 Å². The number of benzene rings is 3. The molecule has 0 fully saturated rings. The summed E-state index contributed by atoms with van der Waals surface area (Å²) in [5, 5.41) is 6.21. The lowest BCUT2D eigenvalue weighted by Gasteiger charge is -2.18. The number of hydrogen-bond acceptors (Lipinski definition) is 8. The number of nitrogens with one attached hydrogen (secondary N) is 1.